The van der Waals surface area contributed by atoms with Gasteiger partial charge in [0.25, 0.3) is 0 Å². The number of fused-ring (bicyclic) bond motifs is 2. The molecule has 0 radical (unpaired) electrons. The SMILES string of the molecule is O=C(NC1CCN(C2CCCCC2O)CC1)C1CC2CCC1C2. The fraction of sp³-hybridized carbons (Fsp3) is 0.947. The summed E-state index contributed by atoms with van der Waals surface area (Å²) in [4.78, 5) is 15.1. The van der Waals surface area contributed by atoms with Crippen LogP contribution < -0.4 is 5.32 Å². The smallest absolute Gasteiger partial charge is 0.223 e. The van der Waals surface area contributed by atoms with E-state index in [0.717, 1.165) is 51.1 Å². The topological polar surface area (TPSA) is 52.6 Å². The van der Waals surface area contributed by atoms with Gasteiger partial charge < -0.3 is 10.4 Å². The summed E-state index contributed by atoms with van der Waals surface area (Å²) in [5.41, 5.74) is 0. The quantitative estimate of drug-likeness (QED) is 0.839. The first-order valence-corrected chi connectivity index (χ1v) is 9.93. The van der Waals surface area contributed by atoms with E-state index in [9.17, 15) is 9.90 Å². The minimum absolute atomic E-state index is 0.135. The molecule has 130 valence electrons. The van der Waals surface area contributed by atoms with Crippen LogP contribution >= 0.6 is 0 Å². The van der Waals surface area contributed by atoms with Crippen LogP contribution in [0.4, 0.5) is 0 Å². The summed E-state index contributed by atoms with van der Waals surface area (Å²) >= 11 is 0. The summed E-state index contributed by atoms with van der Waals surface area (Å²) in [6.45, 7) is 2.06. The van der Waals surface area contributed by atoms with Gasteiger partial charge in [0.2, 0.25) is 5.91 Å². The average molecular weight is 320 g/mol. The molecule has 4 rings (SSSR count). The Morgan fingerprint density at radius 3 is 2.39 bits per heavy atom. The Bertz CT molecular complexity index is 433. The number of hydrogen-bond acceptors (Lipinski definition) is 3. The summed E-state index contributed by atoms with van der Waals surface area (Å²) in [6.07, 6.45) is 11.6. The molecule has 1 amide bonds. The third-order valence-electron chi connectivity index (χ3n) is 7.11. The standard InChI is InChI=1S/C19H32N2O2/c22-18-4-2-1-3-17(18)21-9-7-15(8-10-21)20-19(23)16-12-13-5-6-14(16)11-13/h13-18,22H,1-12H2,(H,20,23). The Morgan fingerprint density at radius 1 is 0.957 bits per heavy atom. The molecule has 4 aliphatic rings. The maximum absolute atomic E-state index is 12.6. The van der Waals surface area contributed by atoms with Crippen LogP contribution in [0.25, 0.3) is 0 Å². The van der Waals surface area contributed by atoms with Crippen molar-refractivity contribution in [3.05, 3.63) is 0 Å². The van der Waals surface area contributed by atoms with Crippen LogP contribution in [-0.2, 0) is 4.79 Å². The van der Waals surface area contributed by atoms with Crippen LogP contribution in [0.2, 0.25) is 0 Å². The van der Waals surface area contributed by atoms with E-state index >= 15 is 0 Å². The number of rotatable bonds is 3. The van der Waals surface area contributed by atoms with Crippen molar-refractivity contribution in [2.45, 2.75) is 82.4 Å². The van der Waals surface area contributed by atoms with Crippen molar-refractivity contribution in [1.29, 1.82) is 0 Å². The summed E-state index contributed by atoms with van der Waals surface area (Å²) < 4.78 is 0. The highest BCUT2D eigenvalue weighted by molar-refractivity contribution is 5.79. The molecule has 4 heteroatoms. The molecule has 0 aromatic heterocycles. The van der Waals surface area contributed by atoms with Crippen molar-refractivity contribution in [2.75, 3.05) is 13.1 Å². The molecular formula is C19H32N2O2. The maximum atomic E-state index is 12.6. The summed E-state index contributed by atoms with van der Waals surface area (Å²) in [5.74, 6) is 2.17. The van der Waals surface area contributed by atoms with Gasteiger partial charge in [0.1, 0.15) is 0 Å². The van der Waals surface area contributed by atoms with Gasteiger partial charge >= 0.3 is 0 Å². The van der Waals surface area contributed by atoms with E-state index < -0.39 is 0 Å². The number of aliphatic hydroxyl groups excluding tert-OH is 1. The van der Waals surface area contributed by atoms with Gasteiger partial charge in [-0.15, -0.1) is 0 Å². The highest BCUT2D eigenvalue weighted by Crippen LogP contribution is 2.48. The molecule has 1 heterocycles. The first kappa shape index (κ1) is 15.9. The number of aliphatic hydroxyl groups is 1. The first-order chi connectivity index (χ1) is 11.2. The number of nitrogens with one attached hydrogen (secondary N) is 1. The molecule has 4 fully saturated rings. The molecule has 23 heavy (non-hydrogen) atoms. The summed E-state index contributed by atoms with van der Waals surface area (Å²) in [7, 11) is 0. The zero-order chi connectivity index (χ0) is 15.8. The summed E-state index contributed by atoms with van der Waals surface area (Å²) in [5, 5.41) is 13.6. The molecule has 4 nitrogen and oxygen atoms in total. The van der Waals surface area contributed by atoms with Crippen LogP contribution in [0, 0.1) is 17.8 Å². The minimum atomic E-state index is -0.135. The number of likely N-dealkylation sites (tertiary alicyclic amines) is 1. The number of carbonyl (C=O) groups excluding carboxylic acids is 1. The zero-order valence-corrected chi connectivity index (χ0v) is 14.3. The van der Waals surface area contributed by atoms with Crippen LogP contribution in [0.1, 0.15) is 64.2 Å². The third-order valence-corrected chi connectivity index (χ3v) is 7.11. The van der Waals surface area contributed by atoms with E-state index in [1.54, 1.807) is 0 Å². The van der Waals surface area contributed by atoms with Crippen molar-refractivity contribution >= 4 is 5.91 Å². The van der Waals surface area contributed by atoms with E-state index in [1.807, 2.05) is 0 Å². The van der Waals surface area contributed by atoms with E-state index in [4.69, 9.17) is 0 Å². The van der Waals surface area contributed by atoms with Crippen LogP contribution in [0.5, 0.6) is 0 Å². The molecule has 1 aliphatic heterocycles. The number of carbonyl (C=O) groups is 1. The monoisotopic (exact) mass is 320 g/mol. The first-order valence-electron chi connectivity index (χ1n) is 9.93. The van der Waals surface area contributed by atoms with Crippen molar-refractivity contribution in [3.63, 3.8) is 0 Å². The number of amides is 1. The predicted molar refractivity (Wildman–Crippen MR) is 89.9 cm³/mol. The lowest BCUT2D eigenvalue weighted by Gasteiger charge is -2.41. The van der Waals surface area contributed by atoms with E-state index in [-0.39, 0.29) is 6.10 Å². The lowest BCUT2D eigenvalue weighted by molar-refractivity contribution is -0.127. The normalized spacial score (nSPS) is 42.0. The van der Waals surface area contributed by atoms with Crippen LogP contribution in [0.15, 0.2) is 0 Å². The minimum Gasteiger partial charge on any atom is -0.391 e. The number of hydrogen-bond donors (Lipinski definition) is 2. The Hall–Kier alpha value is -0.610. The molecule has 2 N–H and O–H groups in total. The maximum Gasteiger partial charge on any atom is 0.223 e. The van der Waals surface area contributed by atoms with E-state index in [1.165, 1.54) is 32.1 Å². The molecule has 2 bridgehead atoms. The molecule has 3 saturated carbocycles. The zero-order valence-electron chi connectivity index (χ0n) is 14.3. The lowest BCUT2D eigenvalue weighted by Crippen LogP contribution is -2.52. The van der Waals surface area contributed by atoms with Gasteiger partial charge in [-0.25, -0.2) is 0 Å². The Kier molecular flexibility index (Phi) is 4.64. The fourth-order valence-electron chi connectivity index (χ4n) is 5.77. The van der Waals surface area contributed by atoms with Gasteiger partial charge in [0, 0.05) is 31.1 Å². The van der Waals surface area contributed by atoms with Gasteiger partial charge in [-0.3, -0.25) is 9.69 Å². The van der Waals surface area contributed by atoms with Gasteiger partial charge in [-0.05, 0) is 56.8 Å². The van der Waals surface area contributed by atoms with Gasteiger partial charge in [0.15, 0.2) is 0 Å². The van der Waals surface area contributed by atoms with Gasteiger partial charge in [0.05, 0.1) is 6.10 Å². The molecule has 0 aromatic rings. The number of nitrogens with zero attached hydrogens (tertiary/aromatic N) is 1. The second-order valence-electron chi connectivity index (χ2n) is 8.52. The van der Waals surface area contributed by atoms with Gasteiger partial charge in [-0.2, -0.15) is 0 Å². The highest BCUT2D eigenvalue weighted by Gasteiger charge is 2.43. The Balaban J connectivity index is 1.24. The summed E-state index contributed by atoms with van der Waals surface area (Å²) in [6, 6.07) is 0.726. The van der Waals surface area contributed by atoms with Crippen molar-refractivity contribution in [2.24, 2.45) is 17.8 Å². The predicted octanol–water partition coefficient (Wildman–Crippen LogP) is 2.31. The lowest BCUT2D eigenvalue weighted by atomic mass is 9.87. The molecule has 1 saturated heterocycles. The molecule has 5 unspecified atom stereocenters. The molecule has 3 aliphatic carbocycles. The molecule has 0 aromatic carbocycles. The largest absolute Gasteiger partial charge is 0.391 e. The van der Waals surface area contributed by atoms with Crippen molar-refractivity contribution < 1.29 is 9.90 Å². The highest BCUT2D eigenvalue weighted by atomic mass is 16.3. The van der Waals surface area contributed by atoms with Gasteiger partial charge in [-0.1, -0.05) is 19.3 Å². The van der Waals surface area contributed by atoms with E-state index in [2.05, 4.69) is 10.2 Å². The average Bonchev–Trinajstić information content (AvgIpc) is 3.19. The second-order valence-corrected chi connectivity index (χ2v) is 8.52. The molecule has 5 atom stereocenters. The van der Waals surface area contributed by atoms with Crippen molar-refractivity contribution in [1.82, 2.24) is 10.2 Å². The van der Waals surface area contributed by atoms with Crippen molar-refractivity contribution in [3.8, 4) is 0 Å². The Labute approximate surface area is 140 Å². The van der Waals surface area contributed by atoms with E-state index in [0.29, 0.717) is 29.8 Å². The molecule has 0 spiro atoms. The third kappa shape index (κ3) is 3.30. The number of piperidine rings is 1. The fourth-order valence-corrected chi connectivity index (χ4v) is 5.77. The Morgan fingerprint density at radius 2 is 1.74 bits per heavy atom. The second kappa shape index (κ2) is 6.72. The molecular weight excluding hydrogens is 288 g/mol. The van der Waals surface area contributed by atoms with Crippen LogP contribution in [0.3, 0.4) is 0 Å². The van der Waals surface area contributed by atoms with Crippen LogP contribution in [-0.4, -0.2) is 47.2 Å².